The summed E-state index contributed by atoms with van der Waals surface area (Å²) in [5.74, 6) is 1.44. The van der Waals surface area contributed by atoms with Crippen molar-refractivity contribution in [3.63, 3.8) is 0 Å². The Morgan fingerprint density at radius 3 is 2.72 bits per heavy atom. The van der Waals surface area contributed by atoms with E-state index in [2.05, 4.69) is 15.9 Å². The standard InChI is InChI=1S/C13H18BrNO2.ClH/c1-2-17-12-7-9(6-10(14)13(12)16)11(15)5-8-3-4-8;/h6-8,11,16H,2-5,15H2,1H3;1H/t11-;/m1./s1. The highest BCUT2D eigenvalue weighted by molar-refractivity contribution is 9.10. The number of hydrogen-bond donors (Lipinski definition) is 2. The predicted octanol–water partition coefficient (Wildman–Crippen LogP) is 3.78. The van der Waals surface area contributed by atoms with E-state index in [4.69, 9.17) is 10.5 Å². The smallest absolute Gasteiger partial charge is 0.172 e. The van der Waals surface area contributed by atoms with Crippen LogP contribution in [0.2, 0.25) is 0 Å². The van der Waals surface area contributed by atoms with Crippen molar-refractivity contribution in [3.05, 3.63) is 22.2 Å². The molecule has 102 valence electrons. The van der Waals surface area contributed by atoms with Crippen LogP contribution in [0.3, 0.4) is 0 Å². The molecule has 0 saturated heterocycles. The quantitative estimate of drug-likeness (QED) is 0.860. The van der Waals surface area contributed by atoms with E-state index in [0.717, 1.165) is 17.9 Å². The van der Waals surface area contributed by atoms with Gasteiger partial charge in [-0.15, -0.1) is 12.4 Å². The lowest BCUT2D eigenvalue weighted by atomic mass is 10.0. The number of nitrogens with two attached hydrogens (primary N) is 1. The van der Waals surface area contributed by atoms with Crippen LogP contribution in [0, 0.1) is 5.92 Å². The van der Waals surface area contributed by atoms with Gasteiger partial charge in [0.25, 0.3) is 0 Å². The molecule has 2 rings (SSSR count). The molecule has 5 heteroatoms. The summed E-state index contributed by atoms with van der Waals surface area (Å²) in [5.41, 5.74) is 7.18. The first-order chi connectivity index (χ1) is 8.11. The minimum atomic E-state index is 0. The maximum atomic E-state index is 9.82. The van der Waals surface area contributed by atoms with Crippen molar-refractivity contribution in [2.75, 3.05) is 6.61 Å². The molecule has 0 radical (unpaired) electrons. The van der Waals surface area contributed by atoms with Crippen molar-refractivity contribution in [1.29, 1.82) is 0 Å². The number of aromatic hydroxyl groups is 1. The van der Waals surface area contributed by atoms with Crippen LogP contribution in [0.1, 0.15) is 37.8 Å². The minimum Gasteiger partial charge on any atom is -0.503 e. The average Bonchev–Trinajstić information content (AvgIpc) is 3.08. The topological polar surface area (TPSA) is 55.5 Å². The normalized spacial score (nSPS) is 15.9. The Kier molecular flexibility index (Phi) is 5.76. The Morgan fingerprint density at radius 1 is 1.50 bits per heavy atom. The van der Waals surface area contributed by atoms with E-state index < -0.39 is 0 Å². The zero-order chi connectivity index (χ0) is 12.4. The molecule has 0 spiro atoms. The van der Waals surface area contributed by atoms with Gasteiger partial charge >= 0.3 is 0 Å². The summed E-state index contributed by atoms with van der Waals surface area (Å²) in [5, 5.41) is 9.82. The second-order valence-corrected chi connectivity index (χ2v) is 5.42. The third kappa shape index (κ3) is 3.77. The maximum absolute atomic E-state index is 9.82. The molecule has 0 bridgehead atoms. The number of benzene rings is 1. The summed E-state index contributed by atoms with van der Waals surface area (Å²) in [4.78, 5) is 0. The van der Waals surface area contributed by atoms with Gasteiger partial charge < -0.3 is 15.6 Å². The fraction of sp³-hybridized carbons (Fsp3) is 0.538. The molecular weight excluding hydrogens is 318 g/mol. The van der Waals surface area contributed by atoms with Gasteiger partial charge in [-0.05, 0) is 52.9 Å². The zero-order valence-corrected chi connectivity index (χ0v) is 12.8. The van der Waals surface area contributed by atoms with Gasteiger partial charge in [0.1, 0.15) is 0 Å². The Morgan fingerprint density at radius 2 is 2.17 bits per heavy atom. The Balaban J connectivity index is 0.00000162. The van der Waals surface area contributed by atoms with Crippen LogP contribution >= 0.6 is 28.3 Å². The molecule has 3 N–H and O–H groups in total. The minimum absolute atomic E-state index is 0. The Bertz CT molecular complexity index is 410. The molecule has 18 heavy (non-hydrogen) atoms. The van der Waals surface area contributed by atoms with Gasteiger partial charge in [-0.3, -0.25) is 0 Å². The van der Waals surface area contributed by atoms with Crippen molar-refractivity contribution < 1.29 is 9.84 Å². The largest absolute Gasteiger partial charge is 0.503 e. The van der Waals surface area contributed by atoms with E-state index in [-0.39, 0.29) is 24.2 Å². The van der Waals surface area contributed by atoms with Crippen molar-refractivity contribution in [1.82, 2.24) is 0 Å². The van der Waals surface area contributed by atoms with Crippen molar-refractivity contribution in [2.24, 2.45) is 11.7 Å². The van der Waals surface area contributed by atoms with Gasteiger partial charge in [0, 0.05) is 6.04 Å². The molecule has 0 amide bonds. The van der Waals surface area contributed by atoms with E-state index in [0.29, 0.717) is 16.8 Å². The van der Waals surface area contributed by atoms with Crippen LogP contribution in [0.25, 0.3) is 0 Å². The van der Waals surface area contributed by atoms with E-state index in [1.165, 1.54) is 12.8 Å². The molecule has 1 fully saturated rings. The molecule has 0 aliphatic heterocycles. The lowest BCUT2D eigenvalue weighted by Gasteiger charge is -2.15. The average molecular weight is 337 g/mol. The summed E-state index contributed by atoms with van der Waals surface area (Å²) in [6, 6.07) is 3.75. The zero-order valence-electron chi connectivity index (χ0n) is 10.4. The van der Waals surface area contributed by atoms with Crippen LogP contribution in [0.4, 0.5) is 0 Å². The summed E-state index contributed by atoms with van der Waals surface area (Å²) < 4.78 is 6.04. The monoisotopic (exact) mass is 335 g/mol. The van der Waals surface area contributed by atoms with Gasteiger partial charge in [-0.1, -0.05) is 12.8 Å². The number of hydrogen-bond acceptors (Lipinski definition) is 3. The maximum Gasteiger partial charge on any atom is 0.172 e. The van der Waals surface area contributed by atoms with E-state index in [9.17, 15) is 5.11 Å². The van der Waals surface area contributed by atoms with Crippen molar-refractivity contribution >= 4 is 28.3 Å². The van der Waals surface area contributed by atoms with Crippen molar-refractivity contribution in [3.8, 4) is 11.5 Å². The van der Waals surface area contributed by atoms with Crippen LogP contribution < -0.4 is 10.5 Å². The molecule has 1 aliphatic carbocycles. The van der Waals surface area contributed by atoms with E-state index in [1.54, 1.807) is 0 Å². The molecule has 0 heterocycles. The number of ether oxygens (including phenoxy) is 1. The van der Waals surface area contributed by atoms with Gasteiger partial charge in [-0.2, -0.15) is 0 Å². The number of phenols is 1. The van der Waals surface area contributed by atoms with Crippen LogP contribution in [0.5, 0.6) is 11.5 Å². The lowest BCUT2D eigenvalue weighted by Crippen LogP contribution is -2.11. The Labute approximate surface area is 122 Å². The second-order valence-electron chi connectivity index (χ2n) is 4.57. The SMILES string of the molecule is CCOc1cc([C@H](N)CC2CC2)cc(Br)c1O.Cl. The predicted molar refractivity (Wildman–Crippen MR) is 78.5 cm³/mol. The molecule has 0 unspecified atom stereocenters. The Hall–Kier alpha value is -0.450. The molecule has 1 aromatic carbocycles. The summed E-state index contributed by atoms with van der Waals surface area (Å²) in [6.45, 7) is 2.42. The second kappa shape index (κ2) is 6.64. The van der Waals surface area contributed by atoms with Gasteiger partial charge in [0.2, 0.25) is 0 Å². The summed E-state index contributed by atoms with van der Waals surface area (Å²) in [6.07, 6.45) is 3.61. The molecule has 1 aromatic rings. The summed E-state index contributed by atoms with van der Waals surface area (Å²) >= 11 is 3.33. The van der Waals surface area contributed by atoms with Gasteiger partial charge in [-0.25, -0.2) is 0 Å². The first-order valence-electron chi connectivity index (χ1n) is 6.02. The lowest BCUT2D eigenvalue weighted by molar-refractivity contribution is 0.316. The molecule has 3 nitrogen and oxygen atoms in total. The first-order valence-corrected chi connectivity index (χ1v) is 6.82. The fourth-order valence-corrected chi connectivity index (χ4v) is 2.38. The molecule has 1 atom stereocenters. The van der Waals surface area contributed by atoms with Gasteiger partial charge in [0.15, 0.2) is 11.5 Å². The number of rotatable bonds is 5. The van der Waals surface area contributed by atoms with E-state index in [1.807, 2.05) is 19.1 Å². The third-order valence-corrected chi connectivity index (χ3v) is 3.67. The molecule has 1 saturated carbocycles. The molecular formula is C13H19BrClNO2. The highest BCUT2D eigenvalue weighted by Gasteiger charge is 2.25. The number of halogens is 2. The van der Waals surface area contributed by atoms with E-state index >= 15 is 0 Å². The third-order valence-electron chi connectivity index (χ3n) is 3.06. The molecule has 1 aliphatic rings. The van der Waals surface area contributed by atoms with Gasteiger partial charge in [0.05, 0.1) is 11.1 Å². The number of phenolic OH excluding ortho intramolecular Hbond substituents is 1. The fourth-order valence-electron chi connectivity index (χ4n) is 1.92. The first kappa shape index (κ1) is 15.6. The highest BCUT2D eigenvalue weighted by atomic mass is 79.9. The van der Waals surface area contributed by atoms with Crippen molar-refractivity contribution in [2.45, 2.75) is 32.2 Å². The van der Waals surface area contributed by atoms with Crippen LogP contribution in [-0.2, 0) is 0 Å². The molecule has 0 aromatic heterocycles. The van der Waals surface area contributed by atoms with Crippen LogP contribution in [0.15, 0.2) is 16.6 Å². The highest BCUT2D eigenvalue weighted by Crippen LogP contribution is 2.40. The van der Waals surface area contributed by atoms with Crippen LogP contribution in [-0.4, -0.2) is 11.7 Å². The summed E-state index contributed by atoms with van der Waals surface area (Å²) in [7, 11) is 0.